The Morgan fingerprint density at radius 2 is 1.76 bits per heavy atom. The third-order valence-electron chi connectivity index (χ3n) is 4.95. The van der Waals surface area contributed by atoms with Gasteiger partial charge in [-0.05, 0) is 61.6 Å². The van der Waals surface area contributed by atoms with Crippen LogP contribution in [-0.2, 0) is 22.4 Å². The Labute approximate surface area is 182 Å². The van der Waals surface area contributed by atoms with Crippen LogP contribution in [0.2, 0.25) is 15.1 Å². The summed E-state index contributed by atoms with van der Waals surface area (Å²) in [5, 5.41) is 4.37. The number of carbonyl (C=O) groups excluding carboxylic acids is 2. The zero-order valence-corrected chi connectivity index (χ0v) is 17.5. The summed E-state index contributed by atoms with van der Waals surface area (Å²) >= 11 is 17.8. The predicted octanol–water partition coefficient (Wildman–Crippen LogP) is 5.80. The van der Waals surface area contributed by atoms with Gasteiger partial charge in [0.2, 0.25) is 0 Å². The van der Waals surface area contributed by atoms with Crippen LogP contribution in [0.1, 0.15) is 34.5 Å². The van der Waals surface area contributed by atoms with E-state index in [1.165, 1.54) is 29.8 Å². The molecule has 2 N–H and O–H groups in total. The molecule has 1 amide bonds. The average Bonchev–Trinajstić information content (AvgIpc) is 3.08. The lowest BCUT2D eigenvalue weighted by Crippen LogP contribution is -2.21. The predicted molar refractivity (Wildman–Crippen MR) is 115 cm³/mol. The topological polar surface area (TPSA) is 71.2 Å². The molecule has 5 nitrogen and oxygen atoms in total. The Hall–Kier alpha value is -2.21. The summed E-state index contributed by atoms with van der Waals surface area (Å²) < 4.78 is 5.16. The van der Waals surface area contributed by atoms with E-state index in [4.69, 9.17) is 39.5 Å². The molecule has 0 unspecified atom stereocenters. The number of fused-ring (bicyclic) bond motifs is 3. The SMILES string of the molecule is O=C(COC(=O)c1ccc2[nH]c3c(c2c1)CCCC3)Nc1cc(Cl)c(Cl)cc1Cl. The van der Waals surface area contributed by atoms with E-state index in [9.17, 15) is 9.59 Å². The van der Waals surface area contributed by atoms with Crippen molar-refractivity contribution in [3.05, 3.63) is 62.2 Å². The van der Waals surface area contributed by atoms with E-state index in [1.807, 2.05) is 12.1 Å². The minimum absolute atomic E-state index is 0.238. The highest BCUT2D eigenvalue weighted by molar-refractivity contribution is 6.44. The maximum absolute atomic E-state index is 12.4. The number of amides is 1. The van der Waals surface area contributed by atoms with Crippen molar-refractivity contribution in [1.82, 2.24) is 4.98 Å². The standard InChI is InChI=1S/C21H17Cl3N2O3/c22-14-8-16(24)19(9-15(14)23)26-20(27)10-29-21(28)11-5-6-18-13(7-11)12-3-1-2-4-17(12)25-18/h5-9,25H,1-4,10H2,(H,26,27). The summed E-state index contributed by atoms with van der Waals surface area (Å²) in [5.41, 5.74) is 4.23. The number of aromatic amines is 1. The van der Waals surface area contributed by atoms with E-state index in [2.05, 4.69) is 10.3 Å². The molecule has 0 bridgehead atoms. The van der Waals surface area contributed by atoms with E-state index in [1.54, 1.807) is 6.07 Å². The van der Waals surface area contributed by atoms with Crippen LogP contribution in [0.4, 0.5) is 5.69 Å². The van der Waals surface area contributed by atoms with Crippen molar-refractivity contribution < 1.29 is 14.3 Å². The van der Waals surface area contributed by atoms with Gasteiger partial charge in [0, 0.05) is 16.6 Å². The van der Waals surface area contributed by atoms with Crippen molar-refractivity contribution in [1.29, 1.82) is 0 Å². The summed E-state index contributed by atoms with van der Waals surface area (Å²) in [5.74, 6) is -1.09. The number of hydrogen-bond donors (Lipinski definition) is 2. The van der Waals surface area contributed by atoms with Crippen molar-refractivity contribution in [2.45, 2.75) is 25.7 Å². The van der Waals surface area contributed by atoms with Gasteiger partial charge in [0.15, 0.2) is 6.61 Å². The van der Waals surface area contributed by atoms with E-state index in [-0.39, 0.29) is 15.1 Å². The maximum Gasteiger partial charge on any atom is 0.338 e. The fourth-order valence-electron chi connectivity index (χ4n) is 3.55. The van der Waals surface area contributed by atoms with Gasteiger partial charge < -0.3 is 15.0 Å². The monoisotopic (exact) mass is 450 g/mol. The van der Waals surface area contributed by atoms with Gasteiger partial charge in [0.25, 0.3) is 5.91 Å². The molecule has 0 atom stereocenters. The number of esters is 1. The second-order valence-corrected chi connectivity index (χ2v) is 8.14. The number of rotatable bonds is 4. The number of carbonyl (C=O) groups is 2. The number of benzene rings is 2. The normalized spacial score (nSPS) is 13.2. The zero-order valence-electron chi connectivity index (χ0n) is 15.3. The van der Waals surface area contributed by atoms with E-state index >= 15 is 0 Å². The zero-order chi connectivity index (χ0) is 20.5. The molecule has 1 heterocycles. The first kappa shape index (κ1) is 20.1. The summed E-state index contributed by atoms with van der Waals surface area (Å²) in [6, 6.07) is 8.26. The van der Waals surface area contributed by atoms with Crippen molar-refractivity contribution >= 4 is 63.3 Å². The van der Waals surface area contributed by atoms with Crippen LogP contribution in [-0.4, -0.2) is 23.5 Å². The van der Waals surface area contributed by atoms with Crippen LogP contribution in [0.5, 0.6) is 0 Å². The first-order chi connectivity index (χ1) is 13.9. The number of aryl methyl sites for hydroxylation is 2. The number of ether oxygens (including phenoxy) is 1. The lowest BCUT2D eigenvalue weighted by molar-refractivity contribution is -0.119. The molecule has 1 aliphatic rings. The molecule has 150 valence electrons. The van der Waals surface area contributed by atoms with Gasteiger partial charge in [-0.2, -0.15) is 0 Å². The Morgan fingerprint density at radius 1 is 1.00 bits per heavy atom. The molecule has 0 aliphatic heterocycles. The van der Waals surface area contributed by atoms with Gasteiger partial charge in [-0.15, -0.1) is 0 Å². The van der Waals surface area contributed by atoms with Gasteiger partial charge in [-0.25, -0.2) is 4.79 Å². The molecule has 2 aromatic carbocycles. The molecule has 0 saturated heterocycles. The molecular weight excluding hydrogens is 435 g/mol. The van der Waals surface area contributed by atoms with Crippen molar-refractivity contribution in [2.24, 2.45) is 0 Å². The Balaban J connectivity index is 1.43. The number of halogens is 3. The fraction of sp³-hybridized carbons (Fsp3) is 0.238. The summed E-state index contributed by atoms with van der Waals surface area (Å²) in [6.07, 6.45) is 4.35. The molecule has 29 heavy (non-hydrogen) atoms. The average molecular weight is 452 g/mol. The summed E-state index contributed by atoms with van der Waals surface area (Å²) in [4.78, 5) is 28.0. The third kappa shape index (κ3) is 4.22. The largest absolute Gasteiger partial charge is 0.452 e. The quantitative estimate of drug-likeness (QED) is 0.389. The maximum atomic E-state index is 12.4. The lowest BCUT2D eigenvalue weighted by atomic mass is 9.95. The van der Waals surface area contributed by atoms with Gasteiger partial charge in [-0.1, -0.05) is 34.8 Å². The van der Waals surface area contributed by atoms with Gasteiger partial charge in [0.1, 0.15) is 0 Å². The molecule has 0 radical (unpaired) electrons. The van der Waals surface area contributed by atoms with Crippen LogP contribution >= 0.6 is 34.8 Å². The Bertz CT molecular complexity index is 1120. The third-order valence-corrected chi connectivity index (χ3v) is 5.99. The number of aromatic nitrogens is 1. The summed E-state index contributed by atoms with van der Waals surface area (Å²) in [6.45, 7) is -0.446. The van der Waals surface area contributed by atoms with Crippen LogP contribution in [0.25, 0.3) is 10.9 Å². The molecule has 3 aromatic rings. The smallest absolute Gasteiger partial charge is 0.338 e. The highest BCUT2D eigenvalue weighted by atomic mass is 35.5. The molecule has 4 rings (SSSR count). The Morgan fingerprint density at radius 3 is 2.59 bits per heavy atom. The van der Waals surface area contributed by atoms with Crippen molar-refractivity contribution in [2.75, 3.05) is 11.9 Å². The second kappa shape index (κ2) is 8.27. The number of hydrogen-bond acceptors (Lipinski definition) is 3. The van der Waals surface area contributed by atoms with Crippen LogP contribution in [0, 0.1) is 0 Å². The molecule has 1 aromatic heterocycles. The van der Waals surface area contributed by atoms with E-state index in [0.717, 1.165) is 30.2 Å². The first-order valence-corrected chi connectivity index (χ1v) is 10.3. The van der Waals surface area contributed by atoms with Crippen molar-refractivity contribution in [3.8, 4) is 0 Å². The minimum Gasteiger partial charge on any atom is -0.452 e. The van der Waals surface area contributed by atoms with Gasteiger partial charge >= 0.3 is 5.97 Å². The number of H-pyrrole nitrogens is 1. The van der Waals surface area contributed by atoms with E-state index in [0.29, 0.717) is 11.3 Å². The van der Waals surface area contributed by atoms with E-state index < -0.39 is 18.5 Å². The van der Waals surface area contributed by atoms with Gasteiger partial charge in [0.05, 0.1) is 26.3 Å². The minimum atomic E-state index is -0.562. The molecule has 8 heteroatoms. The Kier molecular flexibility index (Phi) is 5.72. The molecule has 1 aliphatic carbocycles. The summed E-state index contributed by atoms with van der Waals surface area (Å²) in [7, 11) is 0. The van der Waals surface area contributed by atoms with Gasteiger partial charge in [-0.3, -0.25) is 4.79 Å². The van der Waals surface area contributed by atoms with Crippen LogP contribution in [0.3, 0.4) is 0 Å². The van der Waals surface area contributed by atoms with Crippen LogP contribution in [0.15, 0.2) is 30.3 Å². The van der Waals surface area contributed by atoms with Crippen LogP contribution < -0.4 is 5.32 Å². The second-order valence-electron chi connectivity index (χ2n) is 6.92. The highest BCUT2D eigenvalue weighted by Crippen LogP contribution is 2.32. The number of nitrogens with one attached hydrogen (secondary N) is 2. The molecule has 0 spiro atoms. The van der Waals surface area contributed by atoms with Crippen molar-refractivity contribution in [3.63, 3.8) is 0 Å². The first-order valence-electron chi connectivity index (χ1n) is 9.17. The molecule has 0 fully saturated rings. The number of anilines is 1. The molecule has 0 saturated carbocycles. The fourth-order valence-corrected chi connectivity index (χ4v) is 4.15. The highest BCUT2D eigenvalue weighted by Gasteiger charge is 2.18. The molecular formula is C21H17Cl3N2O3. The lowest BCUT2D eigenvalue weighted by Gasteiger charge is -2.11.